The van der Waals surface area contributed by atoms with Crippen molar-refractivity contribution in [1.29, 1.82) is 0 Å². The Kier molecular flexibility index (Phi) is 4.97. The average molecular weight is 205 g/mol. The highest BCUT2D eigenvalue weighted by Crippen LogP contribution is 2.15. The second-order valence-corrected chi connectivity index (χ2v) is 3.72. The fourth-order valence-corrected chi connectivity index (χ4v) is 1.42. The Hall–Kier alpha value is -1.23. The number of allylic oxidation sites excluding steroid dienone is 2. The van der Waals surface area contributed by atoms with Crippen molar-refractivity contribution >= 4 is 5.97 Å². The van der Waals surface area contributed by atoms with Gasteiger partial charge in [0.1, 0.15) is 0 Å². The second kappa shape index (κ2) is 6.29. The summed E-state index contributed by atoms with van der Waals surface area (Å²) in [6, 6.07) is 0. The summed E-state index contributed by atoms with van der Waals surface area (Å²) in [5.74, 6) is 5.84. The van der Waals surface area contributed by atoms with Crippen LogP contribution in [0, 0.1) is 24.2 Å². The van der Waals surface area contributed by atoms with Crippen LogP contribution in [0.4, 0.5) is 0 Å². The van der Waals surface area contributed by atoms with Gasteiger partial charge in [0.2, 0.25) is 0 Å². The van der Waals surface area contributed by atoms with Gasteiger partial charge in [-0.2, -0.15) is 0 Å². The van der Waals surface area contributed by atoms with E-state index in [-0.39, 0.29) is 11.9 Å². The number of hydrogen-bond acceptors (Lipinski definition) is 2. The van der Waals surface area contributed by atoms with Crippen LogP contribution >= 0.6 is 0 Å². The van der Waals surface area contributed by atoms with Crippen LogP contribution in [0.25, 0.3) is 0 Å². The Balaban J connectivity index is 2.38. The molecule has 0 bridgehead atoms. The minimum Gasteiger partial charge on any atom is -0.469 e. The van der Waals surface area contributed by atoms with Gasteiger partial charge in [0.15, 0.2) is 0 Å². The smallest absolute Gasteiger partial charge is 0.309 e. The molecule has 1 rings (SSSR count). The Bertz CT molecular complexity index is 304. The van der Waals surface area contributed by atoms with E-state index >= 15 is 0 Å². The maximum absolute atomic E-state index is 11.1. The summed E-state index contributed by atoms with van der Waals surface area (Å²) in [4.78, 5) is 11.1. The molecule has 1 radical (unpaired) electrons. The fraction of sp³-hybridized carbons (Fsp3) is 0.538. The summed E-state index contributed by atoms with van der Waals surface area (Å²) in [6.45, 7) is 1.84. The van der Waals surface area contributed by atoms with Crippen LogP contribution in [-0.2, 0) is 9.53 Å². The van der Waals surface area contributed by atoms with Crippen molar-refractivity contribution < 1.29 is 9.53 Å². The minimum absolute atomic E-state index is 0.127. The number of carbonyl (C=O) groups excluding carboxylic acids is 1. The maximum atomic E-state index is 11.1. The third kappa shape index (κ3) is 4.20. The topological polar surface area (TPSA) is 26.3 Å². The van der Waals surface area contributed by atoms with Crippen LogP contribution in [0.5, 0.6) is 0 Å². The number of rotatable bonds is 2. The van der Waals surface area contributed by atoms with Crippen LogP contribution in [0.3, 0.4) is 0 Å². The molecule has 1 aliphatic rings. The first kappa shape index (κ1) is 11.8. The van der Waals surface area contributed by atoms with E-state index < -0.39 is 0 Å². The predicted molar refractivity (Wildman–Crippen MR) is 59.8 cm³/mol. The summed E-state index contributed by atoms with van der Waals surface area (Å²) in [7, 11) is 1.41. The average Bonchev–Trinajstić information content (AvgIpc) is 2.29. The first-order valence-electron chi connectivity index (χ1n) is 5.31. The molecule has 0 amide bonds. The standard InChI is InChI=1S/C13H17O2/c1-11(13(14)15-2)7-6-10-12-8-4-3-5-9-12/h3,8,11H,4-5,7,9H2,1-2H3. The highest BCUT2D eigenvalue weighted by atomic mass is 16.5. The third-order valence-electron chi connectivity index (χ3n) is 2.41. The number of ether oxygens (including phenoxy) is 1. The van der Waals surface area contributed by atoms with Gasteiger partial charge in [0, 0.05) is 6.42 Å². The lowest BCUT2D eigenvalue weighted by Crippen LogP contribution is -2.11. The summed E-state index contributed by atoms with van der Waals surface area (Å²) in [6.07, 6.45) is 8.17. The molecule has 0 aromatic heterocycles. The lowest BCUT2D eigenvalue weighted by atomic mass is 9.99. The van der Waals surface area contributed by atoms with E-state index in [1.54, 1.807) is 0 Å². The van der Waals surface area contributed by atoms with Gasteiger partial charge in [0.25, 0.3) is 0 Å². The second-order valence-electron chi connectivity index (χ2n) is 3.72. The molecule has 0 spiro atoms. The fourth-order valence-electron chi connectivity index (χ4n) is 1.42. The molecule has 0 aromatic carbocycles. The highest BCUT2D eigenvalue weighted by Gasteiger charge is 2.10. The van der Waals surface area contributed by atoms with Crippen LogP contribution < -0.4 is 0 Å². The molecule has 0 N–H and O–H groups in total. The Morgan fingerprint density at radius 2 is 2.47 bits per heavy atom. The van der Waals surface area contributed by atoms with E-state index in [2.05, 4.69) is 29.1 Å². The lowest BCUT2D eigenvalue weighted by molar-refractivity contribution is -0.144. The number of hydrogen-bond donors (Lipinski definition) is 0. The molecule has 0 aliphatic heterocycles. The van der Waals surface area contributed by atoms with Crippen LogP contribution in [0.2, 0.25) is 0 Å². The molecule has 0 saturated carbocycles. The molecule has 0 saturated heterocycles. The molecule has 1 unspecified atom stereocenters. The van der Waals surface area contributed by atoms with Gasteiger partial charge in [-0.15, -0.1) is 0 Å². The van der Waals surface area contributed by atoms with Crippen molar-refractivity contribution in [2.24, 2.45) is 5.92 Å². The predicted octanol–water partition coefficient (Wildman–Crippen LogP) is 2.50. The van der Waals surface area contributed by atoms with Gasteiger partial charge in [-0.3, -0.25) is 4.79 Å². The van der Waals surface area contributed by atoms with Crippen molar-refractivity contribution in [3.63, 3.8) is 0 Å². The summed E-state index contributed by atoms with van der Waals surface area (Å²) >= 11 is 0. The van der Waals surface area contributed by atoms with E-state index in [9.17, 15) is 4.79 Å². The van der Waals surface area contributed by atoms with Gasteiger partial charge >= 0.3 is 5.97 Å². The summed E-state index contributed by atoms with van der Waals surface area (Å²) < 4.78 is 4.63. The summed E-state index contributed by atoms with van der Waals surface area (Å²) in [5, 5.41) is 0. The molecule has 2 heteroatoms. The molecule has 15 heavy (non-hydrogen) atoms. The van der Waals surface area contributed by atoms with E-state index in [1.165, 1.54) is 12.7 Å². The van der Waals surface area contributed by atoms with Gasteiger partial charge in [0.05, 0.1) is 13.0 Å². The van der Waals surface area contributed by atoms with Gasteiger partial charge in [-0.1, -0.05) is 24.8 Å². The number of esters is 1. The van der Waals surface area contributed by atoms with Gasteiger partial charge in [-0.25, -0.2) is 0 Å². The zero-order valence-corrected chi connectivity index (χ0v) is 9.38. The molecule has 1 aliphatic carbocycles. The maximum Gasteiger partial charge on any atom is 0.309 e. The van der Waals surface area contributed by atoms with E-state index in [0.717, 1.165) is 19.3 Å². The third-order valence-corrected chi connectivity index (χ3v) is 2.41. The highest BCUT2D eigenvalue weighted by molar-refractivity contribution is 5.72. The molecule has 2 nitrogen and oxygen atoms in total. The Morgan fingerprint density at radius 3 is 3.07 bits per heavy atom. The molecule has 0 aromatic rings. The molecular formula is C13H17O2. The van der Waals surface area contributed by atoms with Crippen molar-refractivity contribution in [1.82, 2.24) is 0 Å². The van der Waals surface area contributed by atoms with Crippen LogP contribution in [0.15, 0.2) is 11.6 Å². The number of methoxy groups -OCH3 is 1. The zero-order valence-electron chi connectivity index (χ0n) is 9.38. The van der Waals surface area contributed by atoms with Crippen molar-refractivity contribution in [3.8, 4) is 11.8 Å². The first-order chi connectivity index (χ1) is 7.24. The Morgan fingerprint density at radius 1 is 1.67 bits per heavy atom. The quantitative estimate of drug-likeness (QED) is 0.511. The van der Waals surface area contributed by atoms with E-state index in [1.807, 2.05) is 6.92 Å². The molecule has 0 fully saturated rings. The SMILES string of the molecule is COC(=O)C(C)CC#CC1=CC[CH]CC1. The minimum atomic E-state index is -0.185. The molecule has 1 atom stereocenters. The normalized spacial score (nSPS) is 17.1. The van der Waals surface area contributed by atoms with Crippen molar-refractivity contribution in [2.75, 3.05) is 7.11 Å². The summed E-state index contributed by atoms with van der Waals surface area (Å²) in [5.41, 5.74) is 1.20. The van der Waals surface area contributed by atoms with E-state index in [0.29, 0.717) is 6.42 Å². The van der Waals surface area contributed by atoms with Crippen molar-refractivity contribution in [3.05, 3.63) is 18.1 Å². The first-order valence-corrected chi connectivity index (χ1v) is 5.31. The number of carbonyl (C=O) groups is 1. The molecule has 81 valence electrons. The van der Waals surface area contributed by atoms with Crippen molar-refractivity contribution in [2.45, 2.75) is 32.6 Å². The molecule has 0 heterocycles. The van der Waals surface area contributed by atoms with E-state index in [4.69, 9.17) is 0 Å². The van der Waals surface area contributed by atoms with Crippen LogP contribution in [0.1, 0.15) is 32.6 Å². The van der Waals surface area contributed by atoms with Crippen LogP contribution in [-0.4, -0.2) is 13.1 Å². The van der Waals surface area contributed by atoms with Gasteiger partial charge < -0.3 is 4.74 Å². The lowest BCUT2D eigenvalue weighted by Gasteiger charge is -2.06. The zero-order chi connectivity index (χ0) is 11.1. The molecular weight excluding hydrogens is 188 g/mol. The monoisotopic (exact) mass is 205 g/mol. The largest absolute Gasteiger partial charge is 0.469 e. The Labute approximate surface area is 91.7 Å². The van der Waals surface area contributed by atoms with Gasteiger partial charge in [-0.05, 0) is 31.3 Å².